The van der Waals surface area contributed by atoms with Gasteiger partial charge in [0.15, 0.2) is 0 Å². The normalized spacial score (nSPS) is 39.8. The third-order valence-corrected chi connectivity index (χ3v) is 4.28. The minimum Gasteiger partial charge on any atom is -0.238 e. The van der Waals surface area contributed by atoms with Crippen molar-refractivity contribution in [2.75, 3.05) is 6.54 Å². The molecule has 0 bridgehead atoms. The van der Waals surface area contributed by atoms with Gasteiger partial charge in [0.2, 0.25) is 0 Å². The summed E-state index contributed by atoms with van der Waals surface area (Å²) in [5.74, 6) is 0. The van der Waals surface area contributed by atoms with Gasteiger partial charge in [-0.05, 0) is 46.0 Å². The molecule has 2 nitrogen and oxygen atoms in total. The van der Waals surface area contributed by atoms with E-state index in [0.29, 0.717) is 0 Å². The summed E-state index contributed by atoms with van der Waals surface area (Å²) in [5, 5.41) is 5.39. The van der Waals surface area contributed by atoms with Gasteiger partial charge in [-0.1, -0.05) is 13.3 Å². The monoisotopic (exact) mass is 210 g/mol. The lowest BCUT2D eigenvalue weighted by molar-refractivity contribution is -0.104. The first kappa shape index (κ1) is 11.4. The van der Waals surface area contributed by atoms with Gasteiger partial charge in [0, 0.05) is 24.7 Å². The van der Waals surface area contributed by atoms with Crippen molar-refractivity contribution >= 4 is 0 Å². The van der Waals surface area contributed by atoms with Crippen molar-refractivity contribution in [1.29, 1.82) is 0 Å². The summed E-state index contributed by atoms with van der Waals surface area (Å²) in [6.07, 6.45) is 8.32. The molecule has 2 aliphatic heterocycles. The van der Waals surface area contributed by atoms with E-state index in [0.717, 1.165) is 18.1 Å². The summed E-state index contributed by atoms with van der Waals surface area (Å²) >= 11 is 0. The summed E-state index contributed by atoms with van der Waals surface area (Å²) in [7, 11) is 0. The molecule has 0 radical (unpaired) electrons. The topological polar surface area (TPSA) is 6.48 Å². The van der Waals surface area contributed by atoms with Crippen LogP contribution in [-0.4, -0.2) is 34.7 Å². The average Bonchev–Trinajstić information content (AvgIpc) is 2.60. The zero-order chi connectivity index (χ0) is 10.8. The number of hydrogen-bond donors (Lipinski definition) is 0. The van der Waals surface area contributed by atoms with E-state index in [9.17, 15) is 0 Å². The van der Waals surface area contributed by atoms with E-state index in [1.165, 1.54) is 45.1 Å². The van der Waals surface area contributed by atoms with E-state index >= 15 is 0 Å². The first-order chi connectivity index (χ1) is 7.24. The van der Waals surface area contributed by atoms with Gasteiger partial charge >= 0.3 is 0 Å². The summed E-state index contributed by atoms with van der Waals surface area (Å²) in [4.78, 5) is 0. The molecule has 3 atom stereocenters. The third-order valence-electron chi connectivity index (χ3n) is 4.28. The molecule has 2 heteroatoms. The van der Waals surface area contributed by atoms with E-state index < -0.39 is 0 Å². The number of piperidine rings is 1. The predicted octanol–water partition coefficient (Wildman–Crippen LogP) is 3.04. The Morgan fingerprint density at radius 1 is 1.00 bits per heavy atom. The van der Waals surface area contributed by atoms with Crippen LogP contribution < -0.4 is 0 Å². The highest BCUT2D eigenvalue weighted by molar-refractivity contribution is 4.85. The smallest absolute Gasteiger partial charge is 0.0247 e. The van der Waals surface area contributed by atoms with E-state index in [4.69, 9.17) is 0 Å². The third kappa shape index (κ3) is 2.21. The molecule has 2 saturated heterocycles. The first-order valence-corrected chi connectivity index (χ1v) is 6.79. The Morgan fingerprint density at radius 3 is 2.47 bits per heavy atom. The van der Waals surface area contributed by atoms with Gasteiger partial charge < -0.3 is 0 Å². The largest absolute Gasteiger partial charge is 0.238 e. The fraction of sp³-hybridized carbons (Fsp3) is 1.00. The van der Waals surface area contributed by atoms with E-state index in [1.54, 1.807) is 0 Å². The Labute approximate surface area is 94.6 Å². The maximum atomic E-state index is 2.71. The standard InChI is InChI=1S/C13H26N2/c1-4-13-9-8-12(3)15(13)14-10-6-5-7-11(14)2/h11-13H,4-10H2,1-3H3. The van der Waals surface area contributed by atoms with Crippen LogP contribution in [0.5, 0.6) is 0 Å². The van der Waals surface area contributed by atoms with Crippen LogP contribution in [0.25, 0.3) is 0 Å². The zero-order valence-corrected chi connectivity index (χ0v) is 10.6. The maximum Gasteiger partial charge on any atom is 0.0247 e. The number of rotatable bonds is 2. The molecular weight excluding hydrogens is 184 g/mol. The zero-order valence-electron chi connectivity index (χ0n) is 10.6. The molecule has 0 N–H and O–H groups in total. The second-order valence-electron chi connectivity index (χ2n) is 5.38. The number of hydrazine groups is 1. The highest BCUT2D eigenvalue weighted by atomic mass is 15.7. The Kier molecular flexibility index (Phi) is 3.68. The lowest BCUT2D eigenvalue weighted by Crippen LogP contribution is -2.54. The maximum absolute atomic E-state index is 2.71. The SMILES string of the molecule is CCC1CCC(C)N1N1CCCCC1C. The Hall–Kier alpha value is -0.0800. The summed E-state index contributed by atoms with van der Waals surface area (Å²) in [6.45, 7) is 8.43. The molecule has 0 saturated carbocycles. The fourth-order valence-electron chi connectivity index (χ4n) is 3.34. The molecule has 0 aromatic carbocycles. The van der Waals surface area contributed by atoms with E-state index in [2.05, 4.69) is 30.8 Å². The van der Waals surface area contributed by atoms with Crippen molar-refractivity contribution in [2.24, 2.45) is 0 Å². The molecule has 2 heterocycles. The molecule has 2 rings (SSSR count). The minimum atomic E-state index is 0.772. The number of nitrogens with zero attached hydrogens (tertiary/aromatic N) is 2. The van der Waals surface area contributed by atoms with Gasteiger partial charge in [0.1, 0.15) is 0 Å². The van der Waals surface area contributed by atoms with Gasteiger partial charge in [-0.2, -0.15) is 0 Å². The average molecular weight is 210 g/mol. The minimum absolute atomic E-state index is 0.772. The van der Waals surface area contributed by atoms with Gasteiger partial charge in [-0.15, -0.1) is 0 Å². The number of hydrogen-bond acceptors (Lipinski definition) is 2. The predicted molar refractivity (Wildman–Crippen MR) is 64.6 cm³/mol. The molecular formula is C13H26N2. The summed E-state index contributed by atoms with van der Waals surface area (Å²) in [5.41, 5.74) is 0. The van der Waals surface area contributed by atoms with E-state index in [1.807, 2.05) is 0 Å². The molecule has 2 fully saturated rings. The van der Waals surface area contributed by atoms with Crippen LogP contribution in [0, 0.1) is 0 Å². The van der Waals surface area contributed by atoms with E-state index in [-0.39, 0.29) is 0 Å². The Balaban J connectivity index is 2.05. The molecule has 3 unspecified atom stereocenters. The molecule has 0 aromatic heterocycles. The molecule has 0 aromatic rings. The van der Waals surface area contributed by atoms with Crippen LogP contribution in [0.4, 0.5) is 0 Å². The van der Waals surface area contributed by atoms with Crippen molar-refractivity contribution < 1.29 is 0 Å². The quantitative estimate of drug-likeness (QED) is 0.691. The van der Waals surface area contributed by atoms with Crippen LogP contribution in [-0.2, 0) is 0 Å². The van der Waals surface area contributed by atoms with Crippen LogP contribution >= 0.6 is 0 Å². The van der Waals surface area contributed by atoms with Crippen molar-refractivity contribution in [3.05, 3.63) is 0 Å². The van der Waals surface area contributed by atoms with Crippen LogP contribution in [0.2, 0.25) is 0 Å². The second-order valence-corrected chi connectivity index (χ2v) is 5.38. The summed E-state index contributed by atoms with van der Waals surface area (Å²) < 4.78 is 0. The molecule has 0 aliphatic carbocycles. The van der Waals surface area contributed by atoms with Crippen molar-refractivity contribution in [2.45, 2.75) is 77.4 Å². The van der Waals surface area contributed by atoms with Gasteiger partial charge in [0.05, 0.1) is 0 Å². The van der Waals surface area contributed by atoms with Crippen LogP contribution in [0.3, 0.4) is 0 Å². The highest BCUT2D eigenvalue weighted by Gasteiger charge is 2.36. The Morgan fingerprint density at radius 2 is 1.80 bits per heavy atom. The molecule has 0 spiro atoms. The molecule has 2 aliphatic rings. The van der Waals surface area contributed by atoms with Crippen LogP contribution in [0.15, 0.2) is 0 Å². The Bertz CT molecular complexity index is 205. The first-order valence-electron chi connectivity index (χ1n) is 6.79. The van der Waals surface area contributed by atoms with Gasteiger partial charge in [-0.3, -0.25) is 0 Å². The molecule has 15 heavy (non-hydrogen) atoms. The van der Waals surface area contributed by atoms with Crippen molar-refractivity contribution in [3.8, 4) is 0 Å². The van der Waals surface area contributed by atoms with Gasteiger partial charge in [0.25, 0.3) is 0 Å². The van der Waals surface area contributed by atoms with Gasteiger partial charge in [-0.25, -0.2) is 10.0 Å². The molecule has 0 amide bonds. The second kappa shape index (κ2) is 4.84. The molecule has 88 valence electrons. The lowest BCUT2D eigenvalue weighted by Gasteiger charge is -2.45. The fourth-order valence-corrected chi connectivity index (χ4v) is 3.34. The van der Waals surface area contributed by atoms with Crippen molar-refractivity contribution in [3.63, 3.8) is 0 Å². The van der Waals surface area contributed by atoms with Crippen LogP contribution in [0.1, 0.15) is 59.3 Å². The summed E-state index contributed by atoms with van der Waals surface area (Å²) in [6, 6.07) is 2.37. The van der Waals surface area contributed by atoms with Crippen molar-refractivity contribution in [1.82, 2.24) is 10.0 Å². The highest BCUT2D eigenvalue weighted by Crippen LogP contribution is 2.31. The lowest BCUT2D eigenvalue weighted by atomic mass is 10.1.